The van der Waals surface area contributed by atoms with Crippen molar-refractivity contribution >= 4 is 5.69 Å². The lowest BCUT2D eigenvalue weighted by atomic mass is 10.2. The maximum atomic E-state index is 5.93. The molecule has 0 fully saturated rings. The van der Waals surface area contributed by atoms with E-state index in [4.69, 9.17) is 10.5 Å². The first-order valence-electron chi connectivity index (χ1n) is 6.25. The van der Waals surface area contributed by atoms with Gasteiger partial charge in [0, 0.05) is 38.6 Å². The molecule has 0 aliphatic rings. The van der Waals surface area contributed by atoms with Crippen LogP contribution in [-0.2, 0) is 0 Å². The van der Waals surface area contributed by atoms with Crippen molar-refractivity contribution in [2.45, 2.75) is 6.10 Å². The molecule has 2 N–H and O–H groups in total. The zero-order valence-corrected chi connectivity index (χ0v) is 11.3. The van der Waals surface area contributed by atoms with Gasteiger partial charge in [-0.05, 0) is 24.3 Å². The van der Waals surface area contributed by atoms with Crippen molar-refractivity contribution in [3.8, 4) is 5.75 Å². The number of hydrogen-bond acceptors (Lipinski definition) is 4. The topological polar surface area (TPSA) is 51.4 Å². The molecule has 1 heterocycles. The average Bonchev–Trinajstić information content (AvgIpc) is 2.46. The highest BCUT2D eigenvalue weighted by molar-refractivity contribution is 5.49. The quantitative estimate of drug-likeness (QED) is 0.892. The minimum atomic E-state index is -0.224. The number of benzene rings is 1. The van der Waals surface area contributed by atoms with Crippen molar-refractivity contribution in [2.75, 3.05) is 25.5 Å². The smallest absolute Gasteiger partial charge is 0.153 e. The number of nitrogens with two attached hydrogens (primary N) is 1. The molecule has 4 heteroatoms. The van der Waals surface area contributed by atoms with Gasteiger partial charge in [0.1, 0.15) is 5.75 Å². The van der Waals surface area contributed by atoms with E-state index >= 15 is 0 Å². The molecule has 1 atom stereocenters. The van der Waals surface area contributed by atoms with E-state index in [1.54, 1.807) is 6.20 Å². The Balaban J connectivity index is 2.17. The summed E-state index contributed by atoms with van der Waals surface area (Å²) in [6.45, 7) is 0.392. The first-order valence-corrected chi connectivity index (χ1v) is 6.25. The van der Waals surface area contributed by atoms with Gasteiger partial charge in [0.25, 0.3) is 0 Å². The molecule has 0 bridgehead atoms. The Morgan fingerprint density at radius 2 is 2.05 bits per heavy atom. The lowest BCUT2D eigenvalue weighted by Crippen LogP contribution is -2.19. The minimum absolute atomic E-state index is 0.224. The van der Waals surface area contributed by atoms with Crippen LogP contribution in [0.15, 0.2) is 48.7 Å². The molecule has 0 aliphatic carbocycles. The molecular formula is C15H19N3O. The summed E-state index contributed by atoms with van der Waals surface area (Å²) in [4.78, 5) is 6.32. The molecule has 100 valence electrons. The highest BCUT2D eigenvalue weighted by Gasteiger charge is 2.12. The molecule has 2 aromatic rings. The van der Waals surface area contributed by atoms with Gasteiger partial charge >= 0.3 is 0 Å². The van der Waals surface area contributed by atoms with Gasteiger partial charge in [0.2, 0.25) is 0 Å². The molecule has 1 aromatic heterocycles. The van der Waals surface area contributed by atoms with Crippen molar-refractivity contribution in [3.63, 3.8) is 0 Å². The zero-order valence-electron chi connectivity index (χ0n) is 11.3. The lowest BCUT2D eigenvalue weighted by molar-refractivity contribution is 0.209. The van der Waals surface area contributed by atoms with E-state index in [0.717, 1.165) is 17.1 Å². The zero-order chi connectivity index (χ0) is 13.7. The third-order valence-electron chi connectivity index (χ3n) is 2.84. The summed E-state index contributed by atoms with van der Waals surface area (Å²) in [5.74, 6) is 0.798. The van der Waals surface area contributed by atoms with Gasteiger partial charge < -0.3 is 15.4 Å². The number of ether oxygens (including phenoxy) is 1. The first-order chi connectivity index (χ1) is 9.20. The molecule has 2 rings (SSSR count). The summed E-state index contributed by atoms with van der Waals surface area (Å²) in [6, 6.07) is 13.7. The molecule has 0 spiro atoms. The second-order valence-electron chi connectivity index (χ2n) is 4.49. The number of nitrogens with zero attached hydrogens (tertiary/aromatic N) is 2. The van der Waals surface area contributed by atoms with E-state index < -0.39 is 0 Å². The highest BCUT2D eigenvalue weighted by Crippen LogP contribution is 2.24. The van der Waals surface area contributed by atoms with Gasteiger partial charge in [-0.2, -0.15) is 0 Å². The number of rotatable bonds is 5. The van der Waals surface area contributed by atoms with Crippen LogP contribution >= 0.6 is 0 Å². The van der Waals surface area contributed by atoms with Crippen molar-refractivity contribution < 1.29 is 4.74 Å². The van der Waals surface area contributed by atoms with Gasteiger partial charge in [-0.15, -0.1) is 0 Å². The van der Waals surface area contributed by atoms with E-state index in [0.29, 0.717) is 6.54 Å². The van der Waals surface area contributed by atoms with Gasteiger partial charge in [-0.3, -0.25) is 4.98 Å². The summed E-state index contributed by atoms with van der Waals surface area (Å²) in [5.41, 5.74) is 7.71. The maximum Gasteiger partial charge on any atom is 0.153 e. The standard InChI is InChI=1S/C15H19N3O/c1-18(2)12-6-5-7-13(10-12)19-15(11-16)14-8-3-4-9-17-14/h3-10,15H,11,16H2,1-2H3. The van der Waals surface area contributed by atoms with Gasteiger partial charge in [0.05, 0.1) is 5.69 Å². The molecule has 1 aromatic carbocycles. The normalized spacial score (nSPS) is 11.9. The largest absolute Gasteiger partial charge is 0.483 e. The fraction of sp³-hybridized carbons (Fsp3) is 0.267. The predicted molar refractivity (Wildman–Crippen MR) is 77.4 cm³/mol. The molecule has 4 nitrogen and oxygen atoms in total. The Kier molecular flexibility index (Phi) is 4.36. The third-order valence-corrected chi connectivity index (χ3v) is 2.84. The SMILES string of the molecule is CN(C)c1cccc(OC(CN)c2ccccn2)c1. The number of aromatic nitrogens is 1. The molecule has 0 aliphatic heterocycles. The minimum Gasteiger partial charge on any atom is -0.483 e. The van der Waals surface area contributed by atoms with Gasteiger partial charge in [-0.1, -0.05) is 12.1 Å². The first kappa shape index (κ1) is 13.4. The van der Waals surface area contributed by atoms with Crippen LogP contribution in [0, 0.1) is 0 Å². The van der Waals surface area contributed by atoms with Crippen LogP contribution in [0.5, 0.6) is 5.75 Å². The Bertz CT molecular complexity index is 514. The van der Waals surface area contributed by atoms with Crippen molar-refractivity contribution in [3.05, 3.63) is 54.4 Å². The van der Waals surface area contributed by atoms with Crippen LogP contribution < -0.4 is 15.4 Å². The maximum absolute atomic E-state index is 5.93. The lowest BCUT2D eigenvalue weighted by Gasteiger charge is -2.19. The summed E-state index contributed by atoms with van der Waals surface area (Å²) in [6.07, 6.45) is 1.52. The van der Waals surface area contributed by atoms with Gasteiger partial charge in [-0.25, -0.2) is 0 Å². The summed E-state index contributed by atoms with van der Waals surface area (Å²) in [7, 11) is 4.00. The Morgan fingerprint density at radius 1 is 1.21 bits per heavy atom. The number of hydrogen-bond donors (Lipinski definition) is 1. The molecular weight excluding hydrogens is 238 g/mol. The van der Waals surface area contributed by atoms with Crippen LogP contribution in [0.3, 0.4) is 0 Å². The highest BCUT2D eigenvalue weighted by atomic mass is 16.5. The predicted octanol–water partition coefficient (Wildman–Crippen LogP) is 2.23. The molecule has 0 radical (unpaired) electrons. The Morgan fingerprint density at radius 3 is 2.68 bits per heavy atom. The third kappa shape index (κ3) is 3.45. The number of anilines is 1. The van der Waals surface area contributed by atoms with Crippen molar-refractivity contribution in [1.82, 2.24) is 4.98 Å². The van der Waals surface area contributed by atoms with Crippen molar-refractivity contribution in [2.24, 2.45) is 5.73 Å². The molecule has 0 amide bonds. The molecule has 0 saturated carbocycles. The Hall–Kier alpha value is -2.07. The van der Waals surface area contributed by atoms with E-state index in [1.807, 2.05) is 61.5 Å². The monoisotopic (exact) mass is 257 g/mol. The summed E-state index contributed by atoms with van der Waals surface area (Å²) in [5, 5.41) is 0. The second-order valence-corrected chi connectivity index (χ2v) is 4.49. The molecule has 0 saturated heterocycles. The van der Waals surface area contributed by atoms with E-state index in [1.165, 1.54) is 0 Å². The summed E-state index contributed by atoms with van der Waals surface area (Å²) >= 11 is 0. The van der Waals surface area contributed by atoms with Crippen LogP contribution in [0.4, 0.5) is 5.69 Å². The van der Waals surface area contributed by atoms with E-state index in [-0.39, 0.29) is 6.10 Å². The van der Waals surface area contributed by atoms with Crippen LogP contribution in [0.25, 0.3) is 0 Å². The average molecular weight is 257 g/mol. The fourth-order valence-electron chi connectivity index (χ4n) is 1.79. The van der Waals surface area contributed by atoms with Crippen LogP contribution in [-0.4, -0.2) is 25.6 Å². The Labute approximate surface area is 113 Å². The van der Waals surface area contributed by atoms with Gasteiger partial charge in [0.15, 0.2) is 6.10 Å². The molecule has 1 unspecified atom stereocenters. The van der Waals surface area contributed by atoms with E-state index in [9.17, 15) is 0 Å². The summed E-state index contributed by atoms with van der Waals surface area (Å²) < 4.78 is 5.93. The van der Waals surface area contributed by atoms with Crippen LogP contribution in [0.2, 0.25) is 0 Å². The number of pyridine rings is 1. The fourth-order valence-corrected chi connectivity index (χ4v) is 1.79. The second kappa shape index (κ2) is 6.20. The van der Waals surface area contributed by atoms with E-state index in [2.05, 4.69) is 4.98 Å². The van der Waals surface area contributed by atoms with Crippen LogP contribution in [0.1, 0.15) is 11.8 Å². The molecule has 19 heavy (non-hydrogen) atoms. The van der Waals surface area contributed by atoms with Crippen molar-refractivity contribution in [1.29, 1.82) is 0 Å².